The van der Waals surface area contributed by atoms with Gasteiger partial charge in [0.2, 0.25) is 0 Å². The molecule has 1 atom stereocenters. The Morgan fingerprint density at radius 1 is 1.14 bits per heavy atom. The smallest absolute Gasteiger partial charge is 0.265 e. The number of aromatic nitrogens is 4. The van der Waals surface area contributed by atoms with Crippen molar-refractivity contribution in [2.45, 2.75) is 47.5 Å². The second kappa shape index (κ2) is 10.5. The molecule has 1 aliphatic heterocycles. The van der Waals surface area contributed by atoms with Crippen molar-refractivity contribution >= 4 is 38.8 Å². The number of para-hydroxylation sites is 1. The van der Waals surface area contributed by atoms with Gasteiger partial charge in [0, 0.05) is 19.3 Å². The van der Waals surface area contributed by atoms with Crippen molar-refractivity contribution in [1.82, 2.24) is 19.7 Å². The fraction of sp³-hybridized carbons (Fsp3) is 0.292. The van der Waals surface area contributed by atoms with Gasteiger partial charge >= 0.3 is 0 Å². The molecule has 4 heterocycles. The highest BCUT2D eigenvalue weighted by atomic mass is 32.2. The fourth-order valence-corrected chi connectivity index (χ4v) is 6.91. The molecule has 0 bridgehead atoms. The zero-order valence-corrected chi connectivity index (χ0v) is 21.6. The van der Waals surface area contributed by atoms with E-state index < -0.39 is 10.0 Å². The van der Waals surface area contributed by atoms with Crippen LogP contribution >= 0.6 is 23.1 Å². The number of nitrogens with zero attached hydrogens (tertiary/aromatic N) is 5. The molecule has 5 rings (SSSR count). The molecular formula is C24H25N5O3S3. The predicted molar refractivity (Wildman–Crippen MR) is 137 cm³/mol. The zero-order valence-electron chi connectivity index (χ0n) is 19.1. The molecule has 35 heavy (non-hydrogen) atoms. The predicted octanol–water partition coefficient (Wildman–Crippen LogP) is 4.95. The maximum Gasteiger partial charge on any atom is 0.265 e. The van der Waals surface area contributed by atoms with Crippen LogP contribution in [0.5, 0.6) is 0 Å². The van der Waals surface area contributed by atoms with Gasteiger partial charge in [-0.05, 0) is 67.2 Å². The molecule has 11 heteroatoms. The third-order valence-corrected chi connectivity index (χ3v) is 9.38. The van der Waals surface area contributed by atoms with Crippen LogP contribution in [-0.2, 0) is 21.3 Å². The first kappa shape index (κ1) is 24.0. The van der Waals surface area contributed by atoms with Crippen LogP contribution < -0.4 is 4.31 Å². The Bertz CT molecular complexity index is 1350. The van der Waals surface area contributed by atoms with Gasteiger partial charge in [0.1, 0.15) is 9.92 Å². The summed E-state index contributed by atoms with van der Waals surface area (Å²) in [4.78, 5) is 5.63. The van der Waals surface area contributed by atoms with Gasteiger partial charge in [-0.1, -0.05) is 24.3 Å². The molecule has 0 spiro atoms. The van der Waals surface area contributed by atoms with E-state index in [-0.39, 0.29) is 11.0 Å². The molecule has 182 valence electrons. The van der Waals surface area contributed by atoms with Gasteiger partial charge in [-0.2, -0.15) is 0 Å². The summed E-state index contributed by atoms with van der Waals surface area (Å²) >= 11 is 2.98. The average molecular weight is 528 g/mol. The summed E-state index contributed by atoms with van der Waals surface area (Å²) in [5.74, 6) is 0.804. The number of benzene rings is 1. The van der Waals surface area contributed by atoms with E-state index in [4.69, 9.17) is 4.74 Å². The Morgan fingerprint density at radius 3 is 2.66 bits per heavy atom. The lowest BCUT2D eigenvalue weighted by atomic mass is 10.2. The highest BCUT2D eigenvalue weighted by molar-refractivity contribution is 7.99. The maximum absolute atomic E-state index is 13.3. The molecule has 1 aromatic carbocycles. The van der Waals surface area contributed by atoms with Crippen molar-refractivity contribution in [1.29, 1.82) is 0 Å². The van der Waals surface area contributed by atoms with Crippen LogP contribution in [0.3, 0.4) is 0 Å². The van der Waals surface area contributed by atoms with Crippen molar-refractivity contribution in [2.75, 3.05) is 17.5 Å². The summed E-state index contributed by atoms with van der Waals surface area (Å²) in [7, 11) is -3.73. The molecule has 0 saturated carbocycles. The van der Waals surface area contributed by atoms with Crippen molar-refractivity contribution in [3.8, 4) is 10.7 Å². The van der Waals surface area contributed by atoms with Gasteiger partial charge in [-0.3, -0.25) is 8.87 Å². The van der Waals surface area contributed by atoms with E-state index >= 15 is 0 Å². The lowest BCUT2D eigenvalue weighted by Crippen LogP contribution is -2.30. The van der Waals surface area contributed by atoms with E-state index in [1.807, 2.05) is 42.6 Å². The lowest BCUT2D eigenvalue weighted by molar-refractivity contribution is 0.0953. The van der Waals surface area contributed by atoms with Crippen LogP contribution in [0.25, 0.3) is 10.7 Å². The number of sulfonamides is 1. The molecule has 0 N–H and O–H groups in total. The van der Waals surface area contributed by atoms with Gasteiger partial charge in [0.05, 0.1) is 23.2 Å². The highest BCUT2D eigenvalue weighted by Gasteiger charge is 2.25. The SMILES string of the molecule is CCN(c1ccccc1)S(=O)(=O)c1ccc(Sc2nnc(-c3cccs3)n2C[C@H]2CCCO2)nc1. The first-order valence-electron chi connectivity index (χ1n) is 11.4. The minimum atomic E-state index is -3.73. The summed E-state index contributed by atoms with van der Waals surface area (Å²) in [5, 5.41) is 12.2. The van der Waals surface area contributed by atoms with Crippen LogP contribution in [0.2, 0.25) is 0 Å². The first-order valence-corrected chi connectivity index (χ1v) is 14.5. The van der Waals surface area contributed by atoms with Crippen LogP contribution in [0.4, 0.5) is 5.69 Å². The third kappa shape index (κ3) is 5.13. The molecule has 0 radical (unpaired) electrons. The van der Waals surface area contributed by atoms with Crippen molar-refractivity contribution in [2.24, 2.45) is 0 Å². The molecule has 0 unspecified atom stereocenters. The summed E-state index contributed by atoms with van der Waals surface area (Å²) in [6.07, 6.45) is 3.60. The Hall–Kier alpha value is -2.73. The summed E-state index contributed by atoms with van der Waals surface area (Å²) < 4.78 is 35.8. The second-order valence-corrected chi connectivity index (χ2v) is 11.8. The van der Waals surface area contributed by atoms with Gasteiger partial charge in [-0.25, -0.2) is 13.4 Å². The van der Waals surface area contributed by atoms with Gasteiger partial charge in [0.25, 0.3) is 10.0 Å². The van der Waals surface area contributed by atoms with Gasteiger partial charge in [-0.15, -0.1) is 21.5 Å². The van der Waals surface area contributed by atoms with E-state index in [1.54, 1.807) is 35.6 Å². The van der Waals surface area contributed by atoms with E-state index in [0.29, 0.717) is 29.0 Å². The number of pyridine rings is 1. The highest BCUT2D eigenvalue weighted by Crippen LogP contribution is 2.32. The minimum absolute atomic E-state index is 0.127. The van der Waals surface area contributed by atoms with E-state index in [0.717, 1.165) is 30.2 Å². The summed E-state index contributed by atoms with van der Waals surface area (Å²) in [6, 6.07) is 16.4. The van der Waals surface area contributed by atoms with E-state index in [1.165, 1.54) is 22.3 Å². The van der Waals surface area contributed by atoms with Crippen molar-refractivity contribution < 1.29 is 13.2 Å². The molecular weight excluding hydrogens is 502 g/mol. The van der Waals surface area contributed by atoms with E-state index in [2.05, 4.69) is 19.7 Å². The van der Waals surface area contributed by atoms with Crippen LogP contribution in [0.15, 0.2) is 81.3 Å². The molecule has 0 amide bonds. The molecule has 4 aromatic rings. The molecule has 1 aliphatic rings. The second-order valence-electron chi connectivity index (χ2n) is 7.97. The molecule has 0 aliphatic carbocycles. The van der Waals surface area contributed by atoms with Gasteiger partial charge in [0.15, 0.2) is 11.0 Å². The lowest BCUT2D eigenvalue weighted by Gasteiger charge is -2.22. The minimum Gasteiger partial charge on any atom is -0.376 e. The van der Waals surface area contributed by atoms with Crippen LogP contribution in [-0.4, -0.2) is 47.4 Å². The van der Waals surface area contributed by atoms with Crippen molar-refractivity contribution in [3.63, 3.8) is 0 Å². The maximum atomic E-state index is 13.3. The number of hydrogen-bond donors (Lipinski definition) is 0. The first-order chi connectivity index (χ1) is 17.1. The monoisotopic (exact) mass is 527 g/mol. The van der Waals surface area contributed by atoms with Crippen LogP contribution in [0, 0.1) is 0 Å². The van der Waals surface area contributed by atoms with Gasteiger partial charge < -0.3 is 4.74 Å². The average Bonchev–Trinajstić information content (AvgIpc) is 3.64. The zero-order chi connectivity index (χ0) is 24.3. The Morgan fingerprint density at radius 2 is 2.00 bits per heavy atom. The topological polar surface area (TPSA) is 90.2 Å². The molecule has 3 aromatic heterocycles. The molecule has 1 saturated heterocycles. The molecule has 1 fully saturated rings. The van der Waals surface area contributed by atoms with Crippen LogP contribution in [0.1, 0.15) is 19.8 Å². The Kier molecular flexibility index (Phi) is 7.19. The largest absolute Gasteiger partial charge is 0.376 e. The third-order valence-electron chi connectivity index (χ3n) is 5.69. The quantitative estimate of drug-likeness (QED) is 0.304. The standard InChI is InChI=1S/C24H25N5O3S3/c1-2-29(18-8-4-3-5-9-18)35(30,31)20-12-13-22(25-16-20)34-24-27-26-23(21-11-7-15-33-21)28(24)17-19-10-6-14-32-19/h3-5,7-9,11-13,15-16,19H,2,6,10,14,17H2,1H3/t19-/m1/s1. The van der Waals surface area contributed by atoms with E-state index in [9.17, 15) is 8.42 Å². The molecule has 8 nitrogen and oxygen atoms in total. The Labute approximate surface area is 213 Å². The Balaban J connectivity index is 1.39. The number of hydrogen-bond acceptors (Lipinski definition) is 8. The summed E-state index contributed by atoms with van der Waals surface area (Å²) in [6.45, 7) is 3.57. The number of rotatable bonds is 9. The number of ether oxygens (including phenoxy) is 1. The summed E-state index contributed by atoms with van der Waals surface area (Å²) in [5.41, 5.74) is 0.622. The number of anilines is 1. The fourth-order valence-electron chi connectivity index (χ4n) is 3.99. The number of thiophene rings is 1. The van der Waals surface area contributed by atoms with Crippen molar-refractivity contribution in [3.05, 3.63) is 66.2 Å². The normalized spacial score (nSPS) is 16.0.